The Labute approximate surface area is 100 Å². The Balaban J connectivity index is 2.25. The van der Waals surface area contributed by atoms with Crippen molar-refractivity contribution in [2.75, 3.05) is 6.54 Å². The molecule has 3 nitrogen and oxygen atoms in total. The lowest BCUT2D eigenvalue weighted by Crippen LogP contribution is -2.51. The van der Waals surface area contributed by atoms with E-state index in [-0.39, 0.29) is 0 Å². The SMILES string of the molecule is CC(NCC1CC1)(C(N)=O)c1ccccc1F. The second kappa shape index (κ2) is 4.45. The fourth-order valence-corrected chi connectivity index (χ4v) is 1.85. The van der Waals surface area contributed by atoms with Gasteiger partial charge in [0.2, 0.25) is 5.91 Å². The molecule has 2 rings (SSSR count). The molecule has 0 spiro atoms. The average molecular weight is 236 g/mol. The molecule has 1 aromatic carbocycles. The number of carbonyl (C=O) groups excluding carboxylic acids is 1. The molecule has 0 bridgehead atoms. The largest absolute Gasteiger partial charge is 0.368 e. The molecule has 1 atom stereocenters. The zero-order chi connectivity index (χ0) is 12.5. The van der Waals surface area contributed by atoms with Gasteiger partial charge < -0.3 is 5.73 Å². The molecular formula is C13H17FN2O. The Hall–Kier alpha value is -1.42. The fourth-order valence-electron chi connectivity index (χ4n) is 1.85. The van der Waals surface area contributed by atoms with Crippen molar-refractivity contribution < 1.29 is 9.18 Å². The van der Waals surface area contributed by atoms with Crippen LogP contribution in [0, 0.1) is 11.7 Å². The average Bonchev–Trinajstić information content (AvgIpc) is 3.10. The minimum Gasteiger partial charge on any atom is -0.368 e. The summed E-state index contributed by atoms with van der Waals surface area (Å²) in [5, 5.41) is 3.10. The minimum atomic E-state index is -1.13. The topological polar surface area (TPSA) is 55.1 Å². The number of benzene rings is 1. The Morgan fingerprint density at radius 1 is 1.53 bits per heavy atom. The van der Waals surface area contributed by atoms with E-state index in [0.29, 0.717) is 18.0 Å². The van der Waals surface area contributed by atoms with Crippen LogP contribution in [0.5, 0.6) is 0 Å². The van der Waals surface area contributed by atoms with Gasteiger partial charge in [-0.2, -0.15) is 0 Å². The number of primary amides is 1. The third kappa shape index (κ3) is 2.47. The highest BCUT2D eigenvalue weighted by Crippen LogP contribution is 2.30. The molecule has 0 heterocycles. The molecule has 0 aliphatic heterocycles. The first-order chi connectivity index (χ1) is 8.04. The maximum absolute atomic E-state index is 13.7. The molecule has 1 aromatic rings. The van der Waals surface area contributed by atoms with Gasteiger partial charge in [-0.3, -0.25) is 10.1 Å². The molecule has 4 heteroatoms. The van der Waals surface area contributed by atoms with Crippen molar-refractivity contribution in [3.05, 3.63) is 35.6 Å². The van der Waals surface area contributed by atoms with Crippen molar-refractivity contribution in [2.24, 2.45) is 11.7 Å². The fraction of sp³-hybridized carbons (Fsp3) is 0.462. The van der Waals surface area contributed by atoms with E-state index < -0.39 is 17.3 Å². The van der Waals surface area contributed by atoms with Gasteiger partial charge >= 0.3 is 0 Å². The van der Waals surface area contributed by atoms with E-state index in [2.05, 4.69) is 5.32 Å². The van der Waals surface area contributed by atoms with Crippen LogP contribution < -0.4 is 11.1 Å². The lowest BCUT2D eigenvalue weighted by atomic mass is 9.90. The van der Waals surface area contributed by atoms with Crippen LogP contribution in [0.4, 0.5) is 4.39 Å². The lowest BCUT2D eigenvalue weighted by Gasteiger charge is -2.28. The van der Waals surface area contributed by atoms with Crippen LogP contribution in [-0.2, 0) is 10.3 Å². The van der Waals surface area contributed by atoms with E-state index in [4.69, 9.17) is 5.73 Å². The van der Waals surface area contributed by atoms with Crippen LogP contribution in [-0.4, -0.2) is 12.5 Å². The summed E-state index contributed by atoms with van der Waals surface area (Å²) >= 11 is 0. The molecule has 0 saturated heterocycles. The van der Waals surface area contributed by atoms with Gasteiger partial charge in [-0.1, -0.05) is 18.2 Å². The molecule has 1 aliphatic rings. The Morgan fingerprint density at radius 2 is 2.18 bits per heavy atom. The van der Waals surface area contributed by atoms with Crippen LogP contribution in [0.15, 0.2) is 24.3 Å². The Bertz CT molecular complexity index is 431. The highest BCUT2D eigenvalue weighted by molar-refractivity contribution is 5.85. The number of halogens is 1. The van der Waals surface area contributed by atoms with Gasteiger partial charge in [-0.15, -0.1) is 0 Å². The zero-order valence-electron chi connectivity index (χ0n) is 9.87. The van der Waals surface area contributed by atoms with E-state index in [1.54, 1.807) is 25.1 Å². The van der Waals surface area contributed by atoms with Crippen molar-refractivity contribution in [1.29, 1.82) is 0 Å². The maximum Gasteiger partial charge on any atom is 0.242 e. The quantitative estimate of drug-likeness (QED) is 0.814. The molecule has 1 saturated carbocycles. The molecule has 17 heavy (non-hydrogen) atoms. The number of hydrogen-bond donors (Lipinski definition) is 2. The summed E-state index contributed by atoms with van der Waals surface area (Å²) in [4.78, 5) is 11.6. The molecule has 3 N–H and O–H groups in total. The van der Waals surface area contributed by atoms with Gasteiger partial charge in [-0.25, -0.2) is 4.39 Å². The zero-order valence-corrected chi connectivity index (χ0v) is 9.87. The summed E-state index contributed by atoms with van der Waals surface area (Å²) in [7, 11) is 0. The highest BCUT2D eigenvalue weighted by Gasteiger charge is 2.36. The maximum atomic E-state index is 13.7. The monoisotopic (exact) mass is 236 g/mol. The molecule has 92 valence electrons. The molecular weight excluding hydrogens is 219 g/mol. The third-order valence-electron chi connectivity index (χ3n) is 3.35. The van der Waals surface area contributed by atoms with Gasteiger partial charge in [0.05, 0.1) is 0 Å². The van der Waals surface area contributed by atoms with Crippen LogP contribution in [0.1, 0.15) is 25.3 Å². The van der Waals surface area contributed by atoms with Crippen LogP contribution in [0.25, 0.3) is 0 Å². The van der Waals surface area contributed by atoms with Gasteiger partial charge in [0, 0.05) is 5.56 Å². The predicted molar refractivity (Wildman–Crippen MR) is 63.7 cm³/mol. The first-order valence-corrected chi connectivity index (χ1v) is 5.84. The van der Waals surface area contributed by atoms with Crippen molar-refractivity contribution >= 4 is 5.91 Å². The van der Waals surface area contributed by atoms with Crippen LogP contribution in [0.2, 0.25) is 0 Å². The smallest absolute Gasteiger partial charge is 0.242 e. The Kier molecular flexibility index (Phi) is 3.15. The molecule has 1 fully saturated rings. The van der Waals surface area contributed by atoms with Crippen molar-refractivity contribution in [1.82, 2.24) is 5.32 Å². The second-order valence-electron chi connectivity index (χ2n) is 4.79. The van der Waals surface area contributed by atoms with E-state index in [1.807, 2.05) is 0 Å². The summed E-state index contributed by atoms with van der Waals surface area (Å²) in [6, 6.07) is 6.24. The van der Waals surface area contributed by atoms with Crippen molar-refractivity contribution in [3.8, 4) is 0 Å². The van der Waals surface area contributed by atoms with Gasteiger partial charge in [0.25, 0.3) is 0 Å². The number of hydrogen-bond acceptors (Lipinski definition) is 2. The van der Waals surface area contributed by atoms with E-state index in [1.165, 1.54) is 18.9 Å². The van der Waals surface area contributed by atoms with Crippen LogP contribution in [0.3, 0.4) is 0 Å². The standard InChI is InChI=1S/C13H17FN2O/c1-13(12(15)17,16-8-9-6-7-9)10-4-2-3-5-11(10)14/h2-5,9,16H,6-8H2,1H3,(H2,15,17). The molecule has 0 aromatic heterocycles. The number of nitrogens with two attached hydrogens (primary N) is 1. The normalized spacial score (nSPS) is 18.7. The lowest BCUT2D eigenvalue weighted by molar-refractivity contribution is -0.124. The Morgan fingerprint density at radius 3 is 2.71 bits per heavy atom. The molecule has 1 aliphatic carbocycles. The van der Waals surface area contributed by atoms with Crippen LogP contribution >= 0.6 is 0 Å². The second-order valence-corrected chi connectivity index (χ2v) is 4.79. The minimum absolute atomic E-state index is 0.313. The van der Waals surface area contributed by atoms with E-state index in [9.17, 15) is 9.18 Å². The summed E-state index contributed by atoms with van der Waals surface area (Å²) in [5.74, 6) is -0.360. The number of nitrogens with one attached hydrogen (secondary N) is 1. The van der Waals surface area contributed by atoms with E-state index in [0.717, 1.165) is 0 Å². The summed E-state index contributed by atoms with van der Waals surface area (Å²) in [6.07, 6.45) is 2.33. The molecule has 1 unspecified atom stereocenters. The predicted octanol–water partition coefficient (Wildman–Crippen LogP) is 1.53. The van der Waals surface area contributed by atoms with Crippen molar-refractivity contribution in [2.45, 2.75) is 25.3 Å². The summed E-state index contributed by atoms with van der Waals surface area (Å²) in [6.45, 7) is 2.34. The summed E-state index contributed by atoms with van der Waals surface area (Å²) in [5.41, 5.74) is 4.59. The summed E-state index contributed by atoms with van der Waals surface area (Å²) < 4.78 is 13.7. The first kappa shape index (κ1) is 12.0. The van der Waals surface area contributed by atoms with Gasteiger partial charge in [-0.05, 0) is 38.3 Å². The number of carbonyl (C=O) groups is 1. The van der Waals surface area contributed by atoms with Crippen molar-refractivity contribution in [3.63, 3.8) is 0 Å². The molecule has 0 radical (unpaired) electrons. The van der Waals surface area contributed by atoms with E-state index >= 15 is 0 Å². The first-order valence-electron chi connectivity index (χ1n) is 5.84. The third-order valence-corrected chi connectivity index (χ3v) is 3.35. The molecule has 1 amide bonds. The van der Waals surface area contributed by atoms with Gasteiger partial charge in [0.15, 0.2) is 0 Å². The number of amides is 1. The van der Waals surface area contributed by atoms with Gasteiger partial charge in [0.1, 0.15) is 11.4 Å². The highest BCUT2D eigenvalue weighted by atomic mass is 19.1. The number of rotatable bonds is 5.